The zero-order chi connectivity index (χ0) is 14.4. The van der Waals surface area contributed by atoms with E-state index in [0.717, 1.165) is 18.4 Å². The van der Waals surface area contributed by atoms with Gasteiger partial charge in [0.15, 0.2) is 6.61 Å². The Balaban J connectivity index is 1.70. The molecule has 106 valence electrons. The van der Waals surface area contributed by atoms with Gasteiger partial charge in [-0.1, -0.05) is 29.8 Å². The predicted octanol–water partition coefficient (Wildman–Crippen LogP) is 2.83. The number of anilines is 1. The molecule has 0 spiro atoms. The number of aryl methyl sites for hydroxylation is 1. The van der Waals surface area contributed by atoms with E-state index in [4.69, 9.17) is 4.74 Å². The van der Waals surface area contributed by atoms with Gasteiger partial charge < -0.3 is 10.1 Å². The van der Waals surface area contributed by atoms with Gasteiger partial charge in [-0.05, 0) is 37.8 Å². The van der Waals surface area contributed by atoms with Gasteiger partial charge in [-0.3, -0.25) is 9.59 Å². The minimum Gasteiger partial charge on any atom is -0.456 e. The van der Waals surface area contributed by atoms with E-state index >= 15 is 0 Å². The Bertz CT molecular complexity index is 505. The normalized spacial score (nSPS) is 16.9. The highest BCUT2D eigenvalue weighted by molar-refractivity contribution is 5.92. The molecule has 0 fully saturated rings. The summed E-state index contributed by atoms with van der Waals surface area (Å²) >= 11 is 0. The van der Waals surface area contributed by atoms with Gasteiger partial charge in [-0.15, -0.1) is 0 Å². The molecule has 1 aromatic rings. The molecule has 1 atom stereocenters. The molecule has 20 heavy (non-hydrogen) atoms. The third-order valence-electron chi connectivity index (χ3n) is 3.24. The Morgan fingerprint density at radius 1 is 1.30 bits per heavy atom. The van der Waals surface area contributed by atoms with Crippen LogP contribution < -0.4 is 5.32 Å². The van der Waals surface area contributed by atoms with Crippen LogP contribution in [0.5, 0.6) is 0 Å². The van der Waals surface area contributed by atoms with Gasteiger partial charge in [0.25, 0.3) is 5.91 Å². The van der Waals surface area contributed by atoms with Crippen LogP contribution in [0, 0.1) is 12.8 Å². The summed E-state index contributed by atoms with van der Waals surface area (Å²) in [5, 5.41) is 2.69. The Morgan fingerprint density at radius 2 is 2.05 bits per heavy atom. The Kier molecular flexibility index (Phi) is 4.93. The van der Waals surface area contributed by atoms with Crippen molar-refractivity contribution in [2.24, 2.45) is 5.92 Å². The van der Waals surface area contributed by atoms with E-state index in [2.05, 4.69) is 11.4 Å². The topological polar surface area (TPSA) is 55.4 Å². The van der Waals surface area contributed by atoms with Gasteiger partial charge in [-0.25, -0.2) is 0 Å². The molecule has 4 nitrogen and oxygen atoms in total. The van der Waals surface area contributed by atoms with Crippen LogP contribution in [0.4, 0.5) is 5.69 Å². The number of carbonyl (C=O) groups excluding carboxylic acids is 2. The molecular formula is C16H19NO3. The first-order valence-electron chi connectivity index (χ1n) is 6.82. The van der Waals surface area contributed by atoms with E-state index in [1.165, 1.54) is 0 Å². The van der Waals surface area contributed by atoms with Crippen molar-refractivity contribution in [3.63, 3.8) is 0 Å². The van der Waals surface area contributed by atoms with E-state index in [-0.39, 0.29) is 24.4 Å². The smallest absolute Gasteiger partial charge is 0.306 e. The van der Waals surface area contributed by atoms with Crippen LogP contribution in [0.15, 0.2) is 36.4 Å². The van der Waals surface area contributed by atoms with Crippen molar-refractivity contribution < 1.29 is 14.3 Å². The molecule has 0 aliphatic heterocycles. The molecule has 0 saturated carbocycles. The fourth-order valence-electron chi connectivity index (χ4n) is 2.12. The summed E-state index contributed by atoms with van der Waals surface area (Å²) in [4.78, 5) is 23.2. The second kappa shape index (κ2) is 6.89. The monoisotopic (exact) mass is 273 g/mol. The van der Waals surface area contributed by atoms with E-state index in [1.807, 2.05) is 37.3 Å². The first kappa shape index (κ1) is 14.3. The average molecular weight is 273 g/mol. The van der Waals surface area contributed by atoms with E-state index in [1.54, 1.807) is 0 Å². The van der Waals surface area contributed by atoms with Crippen LogP contribution in [0.25, 0.3) is 0 Å². The maximum Gasteiger partial charge on any atom is 0.306 e. The number of nitrogens with one attached hydrogen (secondary N) is 1. The van der Waals surface area contributed by atoms with Crippen LogP contribution in [-0.4, -0.2) is 18.5 Å². The molecule has 1 aliphatic carbocycles. The summed E-state index contributed by atoms with van der Waals surface area (Å²) in [6.45, 7) is 1.74. The molecule has 0 saturated heterocycles. The molecule has 1 N–H and O–H groups in total. The molecule has 0 unspecified atom stereocenters. The van der Waals surface area contributed by atoms with Crippen molar-refractivity contribution in [2.75, 3.05) is 11.9 Å². The number of esters is 1. The van der Waals surface area contributed by atoms with Crippen LogP contribution in [-0.2, 0) is 14.3 Å². The molecule has 0 aromatic heterocycles. The van der Waals surface area contributed by atoms with Crippen molar-refractivity contribution in [2.45, 2.75) is 26.2 Å². The van der Waals surface area contributed by atoms with Crippen molar-refractivity contribution in [1.82, 2.24) is 0 Å². The predicted molar refractivity (Wildman–Crippen MR) is 77.2 cm³/mol. The molecule has 1 aliphatic rings. The molecule has 0 radical (unpaired) electrons. The third kappa shape index (κ3) is 4.53. The maximum absolute atomic E-state index is 11.6. The highest BCUT2D eigenvalue weighted by atomic mass is 16.5. The quantitative estimate of drug-likeness (QED) is 0.663. The third-order valence-corrected chi connectivity index (χ3v) is 3.24. The number of rotatable bonds is 5. The molecule has 2 rings (SSSR count). The van der Waals surface area contributed by atoms with Crippen molar-refractivity contribution in [1.29, 1.82) is 0 Å². The second-order valence-corrected chi connectivity index (χ2v) is 5.04. The Labute approximate surface area is 118 Å². The Morgan fingerprint density at radius 3 is 2.70 bits per heavy atom. The van der Waals surface area contributed by atoms with Gasteiger partial charge >= 0.3 is 5.97 Å². The first-order chi connectivity index (χ1) is 9.63. The fraction of sp³-hybridized carbons (Fsp3) is 0.375. The summed E-state index contributed by atoms with van der Waals surface area (Å²) < 4.78 is 4.98. The standard InChI is InChI=1S/C16H19NO3/c1-12-6-8-14(9-7-12)17-15(18)11-20-16(19)10-13-4-2-3-5-13/h2,4,6-9,13H,3,5,10-11H2,1H3,(H,17,18)/t13-/m0/s1. The number of ether oxygens (including phenoxy) is 1. The van der Waals surface area contributed by atoms with Crippen molar-refractivity contribution in [3.05, 3.63) is 42.0 Å². The van der Waals surface area contributed by atoms with E-state index < -0.39 is 0 Å². The maximum atomic E-state index is 11.6. The molecular weight excluding hydrogens is 254 g/mol. The SMILES string of the molecule is Cc1ccc(NC(=O)COC(=O)C[C@H]2C=CCC2)cc1. The van der Waals surface area contributed by atoms with Crippen LogP contribution >= 0.6 is 0 Å². The largest absolute Gasteiger partial charge is 0.456 e. The number of allylic oxidation sites excluding steroid dienone is 2. The molecule has 1 amide bonds. The minimum absolute atomic E-state index is 0.233. The van der Waals surface area contributed by atoms with Gasteiger partial charge in [0, 0.05) is 5.69 Å². The molecule has 0 heterocycles. The van der Waals surface area contributed by atoms with Crippen molar-refractivity contribution in [3.8, 4) is 0 Å². The van der Waals surface area contributed by atoms with E-state index in [9.17, 15) is 9.59 Å². The summed E-state index contributed by atoms with van der Waals surface area (Å²) in [5.41, 5.74) is 1.83. The summed E-state index contributed by atoms with van der Waals surface area (Å²) in [7, 11) is 0. The number of amides is 1. The van der Waals surface area contributed by atoms with Gasteiger partial charge in [0.2, 0.25) is 0 Å². The lowest BCUT2D eigenvalue weighted by Gasteiger charge is -2.09. The van der Waals surface area contributed by atoms with Crippen LogP contribution in [0.1, 0.15) is 24.8 Å². The highest BCUT2D eigenvalue weighted by Gasteiger charge is 2.15. The Hall–Kier alpha value is -2.10. The second-order valence-electron chi connectivity index (χ2n) is 5.04. The average Bonchev–Trinajstić information content (AvgIpc) is 2.92. The lowest BCUT2D eigenvalue weighted by Crippen LogP contribution is -2.21. The fourth-order valence-corrected chi connectivity index (χ4v) is 2.12. The molecule has 4 heteroatoms. The zero-order valence-electron chi connectivity index (χ0n) is 11.6. The summed E-state index contributed by atoms with van der Waals surface area (Å²) in [6, 6.07) is 7.46. The summed E-state index contributed by atoms with van der Waals surface area (Å²) in [5.74, 6) is -0.368. The van der Waals surface area contributed by atoms with E-state index in [0.29, 0.717) is 12.1 Å². The number of hydrogen-bond donors (Lipinski definition) is 1. The lowest BCUT2D eigenvalue weighted by molar-refractivity contribution is -0.147. The van der Waals surface area contributed by atoms with Crippen LogP contribution in [0.3, 0.4) is 0 Å². The van der Waals surface area contributed by atoms with Gasteiger partial charge in [0.1, 0.15) is 0 Å². The number of carbonyl (C=O) groups is 2. The lowest BCUT2D eigenvalue weighted by atomic mass is 10.1. The van der Waals surface area contributed by atoms with Gasteiger partial charge in [-0.2, -0.15) is 0 Å². The van der Waals surface area contributed by atoms with Gasteiger partial charge in [0.05, 0.1) is 6.42 Å². The number of benzene rings is 1. The first-order valence-corrected chi connectivity index (χ1v) is 6.82. The minimum atomic E-state index is -0.319. The van der Waals surface area contributed by atoms with Crippen LogP contribution in [0.2, 0.25) is 0 Å². The molecule has 1 aromatic carbocycles. The zero-order valence-corrected chi connectivity index (χ0v) is 11.6. The molecule has 0 bridgehead atoms. The summed E-state index contributed by atoms with van der Waals surface area (Å²) in [6.07, 6.45) is 6.47. The van der Waals surface area contributed by atoms with Crippen molar-refractivity contribution >= 4 is 17.6 Å². The number of hydrogen-bond acceptors (Lipinski definition) is 3. The highest BCUT2D eigenvalue weighted by Crippen LogP contribution is 2.20.